The maximum Gasteiger partial charge on any atom is 0.270 e. The number of anilines is 1. The molecule has 202 valence electrons. The van der Waals surface area contributed by atoms with E-state index >= 15 is 0 Å². The van der Waals surface area contributed by atoms with Crippen LogP contribution in [0.2, 0.25) is 0 Å². The molecule has 0 spiro atoms. The minimum absolute atomic E-state index is 0.0361. The average Bonchev–Trinajstić information content (AvgIpc) is 3.52. The molecule has 2 bridgehead atoms. The van der Waals surface area contributed by atoms with E-state index in [0.29, 0.717) is 17.9 Å². The molecule has 3 atom stereocenters. The molecule has 1 aromatic heterocycles. The molecular weight excluding hydrogens is 505 g/mol. The molecule has 0 radical (unpaired) electrons. The van der Waals surface area contributed by atoms with E-state index in [9.17, 15) is 18.8 Å². The summed E-state index contributed by atoms with van der Waals surface area (Å²) in [6.45, 7) is 3.65. The van der Waals surface area contributed by atoms with E-state index in [1.54, 1.807) is 18.2 Å². The van der Waals surface area contributed by atoms with Gasteiger partial charge in [0.25, 0.3) is 5.91 Å². The number of aryl methyl sites for hydroxylation is 1. The fourth-order valence-corrected chi connectivity index (χ4v) is 4.61. The number of nitrogens with zero attached hydrogens (tertiary/aromatic N) is 1. The average molecular weight is 534 g/mol. The molecule has 2 aliphatic rings. The number of ether oxygens (including phenoxy) is 1. The molecule has 2 aliphatic heterocycles. The Bertz CT molecular complexity index is 1450. The number of carbonyl (C=O) groups excluding carboxylic acids is 3. The number of nitrogens with two attached hydrogens (primary N) is 1. The van der Waals surface area contributed by atoms with Crippen molar-refractivity contribution < 1.29 is 27.9 Å². The lowest BCUT2D eigenvalue weighted by Crippen LogP contribution is -2.49. The standard InChI is InChI=1S/C28H28FN5O5/c1-14(2)24-26(37)32-20(28-33-21(13-38-28)25(30)36)12-19-18-11-15(4-10-23(35)34-24)3-9-22(18)39-27(19)31-17-7-5-16(29)6-8-17/h3,5-9,11-14,19,24,27,31H,4,10H2,1-2H3,(H2,30,36)(H,32,37)(H,34,35)/b20-12+/t19?,24?,27-/m1/s1. The van der Waals surface area contributed by atoms with Crippen molar-refractivity contribution in [3.8, 4) is 5.75 Å². The normalized spacial score (nSPS) is 22.4. The van der Waals surface area contributed by atoms with Crippen LogP contribution in [0.4, 0.5) is 10.1 Å². The molecule has 2 unspecified atom stereocenters. The Balaban J connectivity index is 1.62. The SMILES string of the molecule is CC(C)C1NC(=O)CCc2ccc3c(c2)C(/C=C(\c2nc(C(N)=O)co2)NC1=O)[C@H](Nc1ccc(F)cc1)O3. The maximum atomic E-state index is 13.5. The van der Waals surface area contributed by atoms with Crippen molar-refractivity contribution in [3.05, 3.63) is 83.3 Å². The first-order chi connectivity index (χ1) is 18.7. The zero-order chi connectivity index (χ0) is 27.7. The van der Waals surface area contributed by atoms with Gasteiger partial charge in [-0.1, -0.05) is 26.0 Å². The second-order valence-corrected chi connectivity index (χ2v) is 9.85. The molecule has 3 amide bonds. The van der Waals surface area contributed by atoms with E-state index in [0.717, 1.165) is 17.4 Å². The fourth-order valence-electron chi connectivity index (χ4n) is 4.61. The van der Waals surface area contributed by atoms with E-state index in [2.05, 4.69) is 20.9 Å². The molecule has 39 heavy (non-hydrogen) atoms. The molecule has 10 nitrogen and oxygen atoms in total. The van der Waals surface area contributed by atoms with Gasteiger partial charge >= 0.3 is 0 Å². The second kappa shape index (κ2) is 10.6. The van der Waals surface area contributed by atoms with Crippen molar-refractivity contribution in [2.45, 2.75) is 44.9 Å². The number of fused-ring (bicyclic) bond motifs is 1. The van der Waals surface area contributed by atoms with Crippen LogP contribution in [0.5, 0.6) is 5.75 Å². The molecule has 0 aliphatic carbocycles. The highest BCUT2D eigenvalue weighted by Gasteiger charge is 2.36. The number of carbonyl (C=O) groups is 3. The molecule has 0 saturated heterocycles. The molecular formula is C28H28FN5O5. The van der Waals surface area contributed by atoms with Crippen molar-refractivity contribution in [1.82, 2.24) is 15.6 Å². The van der Waals surface area contributed by atoms with Crippen LogP contribution in [0.1, 0.15) is 53.7 Å². The number of hydrogen-bond donors (Lipinski definition) is 4. The number of primary amides is 1. The molecule has 3 heterocycles. The first-order valence-corrected chi connectivity index (χ1v) is 12.6. The van der Waals surface area contributed by atoms with Crippen LogP contribution >= 0.6 is 0 Å². The van der Waals surface area contributed by atoms with E-state index in [-0.39, 0.29) is 41.3 Å². The third-order valence-corrected chi connectivity index (χ3v) is 6.66. The number of aromatic nitrogens is 1. The summed E-state index contributed by atoms with van der Waals surface area (Å²) in [6, 6.07) is 10.7. The summed E-state index contributed by atoms with van der Waals surface area (Å²) in [7, 11) is 0. The molecule has 0 fully saturated rings. The molecule has 2 aromatic carbocycles. The van der Waals surface area contributed by atoms with Gasteiger partial charge in [0.2, 0.25) is 17.7 Å². The molecule has 0 saturated carbocycles. The lowest BCUT2D eigenvalue weighted by molar-refractivity contribution is -0.129. The van der Waals surface area contributed by atoms with Crippen LogP contribution in [0, 0.1) is 11.7 Å². The zero-order valence-corrected chi connectivity index (χ0v) is 21.4. The third kappa shape index (κ3) is 5.62. The van der Waals surface area contributed by atoms with E-state index in [4.69, 9.17) is 14.9 Å². The minimum Gasteiger partial charge on any atom is -0.469 e. The lowest BCUT2D eigenvalue weighted by Gasteiger charge is -2.23. The van der Waals surface area contributed by atoms with Crippen LogP contribution in [0.3, 0.4) is 0 Å². The highest BCUT2D eigenvalue weighted by molar-refractivity contribution is 5.94. The van der Waals surface area contributed by atoms with Crippen LogP contribution in [-0.2, 0) is 16.0 Å². The van der Waals surface area contributed by atoms with Crippen molar-refractivity contribution >= 4 is 29.1 Å². The Hall–Kier alpha value is -4.67. The van der Waals surface area contributed by atoms with Gasteiger partial charge in [0.1, 0.15) is 29.6 Å². The topological polar surface area (TPSA) is 149 Å². The number of nitrogens with one attached hydrogen (secondary N) is 3. The summed E-state index contributed by atoms with van der Waals surface area (Å²) >= 11 is 0. The minimum atomic E-state index is -0.834. The van der Waals surface area contributed by atoms with Gasteiger partial charge in [-0.2, -0.15) is 0 Å². The second-order valence-electron chi connectivity index (χ2n) is 9.85. The van der Waals surface area contributed by atoms with Crippen molar-refractivity contribution in [2.75, 3.05) is 5.32 Å². The highest BCUT2D eigenvalue weighted by atomic mass is 19.1. The van der Waals surface area contributed by atoms with E-state index < -0.39 is 30.0 Å². The number of halogens is 1. The Labute approximate surface area is 223 Å². The molecule has 3 aromatic rings. The predicted molar refractivity (Wildman–Crippen MR) is 140 cm³/mol. The lowest BCUT2D eigenvalue weighted by atomic mass is 9.94. The first kappa shape index (κ1) is 26.0. The zero-order valence-electron chi connectivity index (χ0n) is 21.4. The number of benzene rings is 2. The third-order valence-electron chi connectivity index (χ3n) is 6.66. The van der Waals surface area contributed by atoms with Gasteiger partial charge in [-0.25, -0.2) is 9.37 Å². The Morgan fingerprint density at radius 3 is 2.62 bits per heavy atom. The fraction of sp³-hybridized carbons (Fsp3) is 0.286. The molecule has 5 rings (SSSR count). The van der Waals surface area contributed by atoms with Crippen LogP contribution in [0.25, 0.3) is 5.70 Å². The predicted octanol–water partition coefficient (Wildman–Crippen LogP) is 3.07. The van der Waals surface area contributed by atoms with Gasteiger partial charge in [-0.15, -0.1) is 0 Å². The monoisotopic (exact) mass is 533 g/mol. The van der Waals surface area contributed by atoms with E-state index in [1.807, 2.05) is 32.0 Å². The Morgan fingerprint density at radius 2 is 1.92 bits per heavy atom. The van der Waals surface area contributed by atoms with Crippen molar-refractivity contribution in [2.24, 2.45) is 11.7 Å². The molecule has 11 heteroatoms. The van der Waals surface area contributed by atoms with Gasteiger partial charge in [-0.3, -0.25) is 14.4 Å². The van der Waals surface area contributed by atoms with Crippen LogP contribution < -0.4 is 26.4 Å². The number of amides is 3. The summed E-state index contributed by atoms with van der Waals surface area (Å²) in [5.74, 6) is -2.02. The number of rotatable bonds is 5. The summed E-state index contributed by atoms with van der Waals surface area (Å²) in [5, 5.41) is 8.92. The Morgan fingerprint density at radius 1 is 1.15 bits per heavy atom. The van der Waals surface area contributed by atoms with Gasteiger partial charge in [0.05, 0.1) is 5.92 Å². The largest absolute Gasteiger partial charge is 0.469 e. The molecule has 5 N–H and O–H groups in total. The smallest absolute Gasteiger partial charge is 0.270 e. The van der Waals surface area contributed by atoms with Crippen LogP contribution in [0.15, 0.2) is 59.2 Å². The van der Waals surface area contributed by atoms with Gasteiger partial charge in [0, 0.05) is 17.7 Å². The summed E-state index contributed by atoms with van der Waals surface area (Å²) in [5.41, 5.74) is 7.78. The van der Waals surface area contributed by atoms with Crippen LogP contribution in [-0.4, -0.2) is 35.0 Å². The number of hydrogen-bond acceptors (Lipinski definition) is 7. The van der Waals surface area contributed by atoms with Gasteiger partial charge in [-0.05, 0) is 54.3 Å². The summed E-state index contributed by atoms with van der Waals surface area (Å²) in [4.78, 5) is 42.0. The van der Waals surface area contributed by atoms with Gasteiger partial charge < -0.3 is 30.8 Å². The number of oxazole rings is 1. The Kier molecular flexibility index (Phi) is 7.05. The van der Waals surface area contributed by atoms with Crippen molar-refractivity contribution in [3.63, 3.8) is 0 Å². The quantitative estimate of drug-likeness (QED) is 0.394. The van der Waals surface area contributed by atoms with E-state index in [1.165, 1.54) is 12.1 Å². The van der Waals surface area contributed by atoms with Gasteiger partial charge in [0.15, 0.2) is 11.9 Å². The summed E-state index contributed by atoms with van der Waals surface area (Å²) in [6.07, 6.45) is 2.85. The first-order valence-electron chi connectivity index (χ1n) is 12.6. The highest BCUT2D eigenvalue weighted by Crippen LogP contribution is 2.41. The maximum absolute atomic E-state index is 13.5. The van der Waals surface area contributed by atoms with Crippen molar-refractivity contribution in [1.29, 1.82) is 0 Å². The summed E-state index contributed by atoms with van der Waals surface area (Å²) < 4.78 is 25.3.